The molecule has 2 rings (SSSR count). The largest absolute Gasteiger partial charge is 0.288 e. The Hall–Kier alpha value is -1.63. The number of rotatable bonds is 3. The summed E-state index contributed by atoms with van der Waals surface area (Å²) in [5, 5.41) is 12.3. The van der Waals surface area contributed by atoms with E-state index < -0.39 is 0 Å². The van der Waals surface area contributed by atoms with Gasteiger partial charge in [0, 0.05) is 5.56 Å². The summed E-state index contributed by atoms with van der Waals surface area (Å²) in [5.41, 5.74) is 2.88. The molecule has 0 atom stereocenters. The molecule has 0 aliphatic rings. The van der Waals surface area contributed by atoms with Gasteiger partial charge in [0.2, 0.25) is 5.95 Å². The van der Waals surface area contributed by atoms with Gasteiger partial charge in [-0.25, -0.2) is 5.43 Å². The fraction of sp³-hybridized carbons (Fsp3) is 0.0909. The lowest BCUT2D eigenvalue weighted by molar-refractivity contribution is 0.897. The van der Waals surface area contributed by atoms with Gasteiger partial charge in [0.05, 0.1) is 21.3 Å². The van der Waals surface area contributed by atoms with Crippen LogP contribution in [0.5, 0.6) is 0 Å². The molecule has 2 aromatic rings. The first kappa shape index (κ1) is 14.8. The third-order valence-corrected chi connectivity index (χ3v) is 3.45. The molecule has 20 heavy (non-hydrogen) atoms. The van der Waals surface area contributed by atoms with Gasteiger partial charge in [0.25, 0.3) is 5.56 Å². The third kappa shape index (κ3) is 3.27. The van der Waals surface area contributed by atoms with Gasteiger partial charge >= 0.3 is 0 Å². The van der Waals surface area contributed by atoms with Gasteiger partial charge in [-0.3, -0.25) is 9.78 Å². The molecule has 0 saturated heterocycles. The van der Waals surface area contributed by atoms with Crippen molar-refractivity contribution in [2.24, 2.45) is 5.10 Å². The Morgan fingerprint density at radius 1 is 1.25 bits per heavy atom. The van der Waals surface area contributed by atoms with Crippen LogP contribution in [0, 0.1) is 6.92 Å². The molecule has 2 N–H and O–H groups in total. The lowest BCUT2D eigenvalue weighted by Crippen LogP contribution is -2.15. The zero-order chi connectivity index (χ0) is 14.7. The monoisotopic (exact) mass is 331 g/mol. The Kier molecular flexibility index (Phi) is 4.59. The number of hydrogen-bond acceptors (Lipinski definition) is 5. The molecule has 9 heteroatoms. The molecule has 0 amide bonds. The number of halogens is 3. The summed E-state index contributed by atoms with van der Waals surface area (Å²) in [7, 11) is 0. The maximum absolute atomic E-state index is 11.3. The number of benzene rings is 1. The van der Waals surface area contributed by atoms with Crippen LogP contribution in [0.4, 0.5) is 5.95 Å². The van der Waals surface area contributed by atoms with Crippen LogP contribution in [0.1, 0.15) is 11.3 Å². The summed E-state index contributed by atoms with van der Waals surface area (Å²) < 4.78 is 0. The van der Waals surface area contributed by atoms with Gasteiger partial charge in [-0.1, -0.05) is 34.8 Å². The van der Waals surface area contributed by atoms with E-state index in [1.165, 1.54) is 6.21 Å². The third-order valence-electron chi connectivity index (χ3n) is 2.30. The molecule has 1 heterocycles. The Morgan fingerprint density at radius 3 is 2.65 bits per heavy atom. The van der Waals surface area contributed by atoms with Crippen molar-refractivity contribution < 1.29 is 0 Å². The van der Waals surface area contributed by atoms with Gasteiger partial charge in [-0.2, -0.15) is 5.10 Å². The van der Waals surface area contributed by atoms with Crippen LogP contribution in [-0.2, 0) is 0 Å². The number of aromatic nitrogens is 3. The van der Waals surface area contributed by atoms with Gasteiger partial charge in [0.15, 0.2) is 0 Å². The molecular weight excluding hydrogens is 325 g/mol. The number of anilines is 1. The molecule has 0 aliphatic heterocycles. The molecule has 0 aliphatic carbocycles. The van der Waals surface area contributed by atoms with E-state index in [2.05, 4.69) is 25.7 Å². The number of hydrazone groups is 1. The van der Waals surface area contributed by atoms with Crippen LogP contribution >= 0.6 is 34.8 Å². The molecule has 104 valence electrons. The van der Waals surface area contributed by atoms with Crippen molar-refractivity contribution in [1.82, 2.24) is 15.2 Å². The number of aryl methyl sites for hydroxylation is 1. The van der Waals surface area contributed by atoms with Crippen molar-refractivity contribution in [3.63, 3.8) is 0 Å². The second kappa shape index (κ2) is 6.21. The minimum Gasteiger partial charge on any atom is -0.288 e. The first-order chi connectivity index (χ1) is 9.49. The van der Waals surface area contributed by atoms with Gasteiger partial charge in [0.1, 0.15) is 5.69 Å². The van der Waals surface area contributed by atoms with E-state index in [4.69, 9.17) is 34.8 Å². The number of aromatic amines is 1. The predicted octanol–water partition coefficient (Wildman–Crippen LogP) is 2.88. The van der Waals surface area contributed by atoms with Crippen LogP contribution in [-0.4, -0.2) is 21.4 Å². The Balaban J connectivity index is 2.20. The van der Waals surface area contributed by atoms with Crippen LogP contribution < -0.4 is 11.0 Å². The van der Waals surface area contributed by atoms with E-state index in [0.717, 1.165) is 0 Å². The van der Waals surface area contributed by atoms with Crippen molar-refractivity contribution in [2.45, 2.75) is 6.92 Å². The highest BCUT2D eigenvalue weighted by atomic mass is 35.5. The maximum atomic E-state index is 11.3. The minimum atomic E-state index is -0.350. The van der Waals surface area contributed by atoms with E-state index in [1.807, 2.05) is 0 Å². The number of nitrogens with one attached hydrogen (secondary N) is 2. The normalized spacial score (nSPS) is 11.0. The summed E-state index contributed by atoms with van der Waals surface area (Å²) in [4.78, 5) is 13.8. The second-order valence-electron chi connectivity index (χ2n) is 3.72. The van der Waals surface area contributed by atoms with Crippen molar-refractivity contribution >= 4 is 47.0 Å². The first-order valence-electron chi connectivity index (χ1n) is 5.35. The summed E-state index contributed by atoms with van der Waals surface area (Å²) in [6, 6.07) is 3.19. The fourth-order valence-electron chi connectivity index (χ4n) is 1.26. The van der Waals surface area contributed by atoms with Crippen LogP contribution in [0.3, 0.4) is 0 Å². The molecule has 0 spiro atoms. The molecule has 0 radical (unpaired) electrons. The van der Waals surface area contributed by atoms with E-state index in [0.29, 0.717) is 15.6 Å². The molecule has 0 saturated carbocycles. The Labute approximate surface area is 128 Å². The first-order valence-corrected chi connectivity index (χ1v) is 6.48. The van der Waals surface area contributed by atoms with Crippen molar-refractivity contribution in [2.75, 3.05) is 5.43 Å². The van der Waals surface area contributed by atoms with Crippen molar-refractivity contribution in [3.8, 4) is 0 Å². The van der Waals surface area contributed by atoms with Gasteiger partial charge < -0.3 is 0 Å². The lowest BCUT2D eigenvalue weighted by atomic mass is 10.2. The maximum Gasteiger partial charge on any atom is 0.274 e. The van der Waals surface area contributed by atoms with Crippen LogP contribution in [0.25, 0.3) is 0 Å². The summed E-state index contributed by atoms with van der Waals surface area (Å²) >= 11 is 17.9. The van der Waals surface area contributed by atoms with Crippen molar-refractivity contribution in [3.05, 3.63) is 48.8 Å². The Morgan fingerprint density at radius 2 is 1.95 bits per heavy atom. The summed E-state index contributed by atoms with van der Waals surface area (Å²) in [5.74, 6) is 0.103. The number of hydrogen-bond donors (Lipinski definition) is 2. The van der Waals surface area contributed by atoms with E-state index >= 15 is 0 Å². The molecule has 1 aromatic heterocycles. The highest BCUT2D eigenvalue weighted by Crippen LogP contribution is 2.29. The van der Waals surface area contributed by atoms with E-state index in [-0.39, 0.29) is 22.2 Å². The fourth-order valence-corrected chi connectivity index (χ4v) is 1.90. The summed E-state index contributed by atoms with van der Waals surface area (Å²) in [6.07, 6.45) is 1.37. The van der Waals surface area contributed by atoms with Gasteiger partial charge in [-0.15, -0.1) is 10.2 Å². The quantitative estimate of drug-likeness (QED) is 0.514. The average Bonchev–Trinajstić information content (AvgIpc) is 2.42. The molecule has 0 unspecified atom stereocenters. The zero-order valence-electron chi connectivity index (χ0n) is 10.1. The smallest absolute Gasteiger partial charge is 0.274 e. The highest BCUT2D eigenvalue weighted by Gasteiger charge is 2.07. The highest BCUT2D eigenvalue weighted by molar-refractivity contribution is 6.45. The SMILES string of the molecule is Cc1nnc(N/N=C/c2c(Cl)ccc(Cl)c2Cl)[nH]c1=O. The molecule has 1 aromatic carbocycles. The van der Waals surface area contributed by atoms with E-state index in [9.17, 15) is 4.79 Å². The standard InChI is InChI=1S/C11H8Cl3N5O/c1-5-10(20)16-11(19-17-5)18-15-4-6-7(12)2-3-8(13)9(6)14/h2-4H,1H3,(H2,16,18,19,20)/b15-4+. The average molecular weight is 333 g/mol. The second-order valence-corrected chi connectivity index (χ2v) is 4.91. The summed E-state index contributed by atoms with van der Waals surface area (Å²) in [6.45, 7) is 1.55. The molecule has 0 fully saturated rings. The van der Waals surface area contributed by atoms with Crippen LogP contribution in [0.2, 0.25) is 15.1 Å². The molecule has 6 nitrogen and oxygen atoms in total. The van der Waals surface area contributed by atoms with Crippen molar-refractivity contribution in [1.29, 1.82) is 0 Å². The molecule has 0 bridgehead atoms. The molecular formula is C11H8Cl3N5O. The predicted molar refractivity (Wildman–Crippen MR) is 80.1 cm³/mol. The topological polar surface area (TPSA) is 83.0 Å². The zero-order valence-corrected chi connectivity index (χ0v) is 12.4. The minimum absolute atomic E-state index is 0.103. The number of H-pyrrole nitrogens is 1. The number of nitrogens with zero attached hydrogens (tertiary/aromatic N) is 3. The van der Waals surface area contributed by atoms with E-state index in [1.54, 1.807) is 19.1 Å². The van der Waals surface area contributed by atoms with Crippen LogP contribution in [0.15, 0.2) is 22.0 Å². The van der Waals surface area contributed by atoms with Gasteiger partial charge in [-0.05, 0) is 19.1 Å². The lowest BCUT2D eigenvalue weighted by Gasteiger charge is -2.03. The Bertz CT molecular complexity index is 728.